The fraction of sp³-hybridized carbons (Fsp3) is 0.462. The van der Waals surface area contributed by atoms with E-state index in [2.05, 4.69) is 27.8 Å². The summed E-state index contributed by atoms with van der Waals surface area (Å²) in [5, 5.41) is 0. The molecule has 1 aliphatic rings. The van der Waals surface area contributed by atoms with E-state index in [0.717, 1.165) is 17.4 Å². The molecule has 1 aromatic rings. The molecular formula is C13H17BrFN3. The third kappa shape index (κ3) is 2.11. The lowest BCUT2D eigenvalue weighted by Crippen LogP contribution is -2.48. The van der Waals surface area contributed by atoms with E-state index < -0.39 is 5.54 Å². The van der Waals surface area contributed by atoms with Crippen LogP contribution in [0.15, 0.2) is 27.7 Å². The minimum Gasteiger partial charge on any atom is -0.370 e. The molecule has 98 valence electrons. The molecule has 0 saturated carbocycles. The van der Waals surface area contributed by atoms with Crippen molar-refractivity contribution in [1.29, 1.82) is 0 Å². The van der Waals surface area contributed by atoms with Crippen LogP contribution in [0.1, 0.15) is 25.8 Å². The molecule has 3 nitrogen and oxygen atoms in total. The van der Waals surface area contributed by atoms with E-state index in [1.807, 2.05) is 17.9 Å². The second kappa shape index (κ2) is 4.88. The van der Waals surface area contributed by atoms with Crippen LogP contribution < -0.4 is 5.73 Å². The van der Waals surface area contributed by atoms with Crippen LogP contribution in [0.4, 0.5) is 4.39 Å². The summed E-state index contributed by atoms with van der Waals surface area (Å²) in [7, 11) is 0. The highest BCUT2D eigenvalue weighted by Gasteiger charge is 2.40. The van der Waals surface area contributed by atoms with Crippen LogP contribution in [-0.2, 0) is 5.54 Å². The summed E-state index contributed by atoms with van der Waals surface area (Å²) < 4.78 is 14.9. The lowest BCUT2D eigenvalue weighted by Gasteiger charge is -2.36. The topological polar surface area (TPSA) is 41.6 Å². The molecule has 0 aromatic heterocycles. The molecular weight excluding hydrogens is 297 g/mol. The minimum atomic E-state index is -0.481. The van der Waals surface area contributed by atoms with Crippen LogP contribution in [0.2, 0.25) is 0 Å². The van der Waals surface area contributed by atoms with Crippen molar-refractivity contribution in [1.82, 2.24) is 4.90 Å². The Morgan fingerprint density at radius 2 is 2.28 bits per heavy atom. The van der Waals surface area contributed by atoms with Crippen molar-refractivity contribution < 1.29 is 4.39 Å². The smallest absolute Gasteiger partial charge is 0.192 e. The first-order chi connectivity index (χ1) is 8.49. The number of nitrogens with zero attached hydrogens (tertiary/aromatic N) is 2. The van der Waals surface area contributed by atoms with Crippen LogP contribution in [0, 0.1) is 5.82 Å². The van der Waals surface area contributed by atoms with Gasteiger partial charge in [-0.25, -0.2) is 4.39 Å². The molecule has 5 heteroatoms. The van der Waals surface area contributed by atoms with Crippen LogP contribution >= 0.6 is 15.9 Å². The van der Waals surface area contributed by atoms with Crippen molar-refractivity contribution >= 4 is 21.9 Å². The van der Waals surface area contributed by atoms with Crippen molar-refractivity contribution in [3.05, 3.63) is 34.1 Å². The molecule has 0 bridgehead atoms. The number of guanidine groups is 1. The zero-order valence-electron chi connectivity index (χ0n) is 10.6. The van der Waals surface area contributed by atoms with E-state index in [9.17, 15) is 4.39 Å². The molecule has 0 amide bonds. The number of aliphatic imine (C=N–C) groups is 1. The monoisotopic (exact) mass is 313 g/mol. The highest BCUT2D eigenvalue weighted by molar-refractivity contribution is 9.10. The number of benzene rings is 1. The predicted molar refractivity (Wildman–Crippen MR) is 74.9 cm³/mol. The highest BCUT2D eigenvalue weighted by Crippen LogP contribution is 2.35. The summed E-state index contributed by atoms with van der Waals surface area (Å²) in [6.07, 6.45) is 0.948. The molecule has 18 heavy (non-hydrogen) atoms. The van der Waals surface area contributed by atoms with Gasteiger partial charge in [0.05, 0.1) is 12.1 Å². The standard InChI is InChI=1S/C13H17BrFN3/c1-3-6-18-12(16)17-8-13(18,2)10-5-4-9(14)7-11(10)15/h4-5,7H,3,6,8H2,1-2H3,(H2,16,17). The number of halogens is 2. The van der Waals surface area contributed by atoms with Gasteiger partial charge in [-0.2, -0.15) is 0 Å². The Morgan fingerprint density at radius 3 is 2.89 bits per heavy atom. The van der Waals surface area contributed by atoms with E-state index in [1.165, 1.54) is 6.07 Å². The summed E-state index contributed by atoms with van der Waals surface area (Å²) in [5.74, 6) is 0.277. The maximum atomic E-state index is 14.1. The average molecular weight is 314 g/mol. The Kier molecular flexibility index (Phi) is 3.61. The van der Waals surface area contributed by atoms with E-state index in [1.54, 1.807) is 6.07 Å². The van der Waals surface area contributed by atoms with Crippen LogP contribution in [-0.4, -0.2) is 23.9 Å². The van der Waals surface area contributed by atoms with Crippen molar-refractivity contribution in [3.63, 3.8) is 0 Å². The van der Waals surface area contributed by atoms with E-state index in [-0.39, 0.29) is 5.82 Å². The van der Waals surface area contributed by atoms with Crippen LogP contribution in [0.25, 0.3) is 0 Å². The molecule has 1 heterocycles. The van der Waals surface area contributed by atoms with Gasteiger partial charge in [-0.3, -0.25) is 4.99 Å². The maximum Gasteiger partial charge on any atom is 0.192 e. The van der Waals surface area contributed by atoms with Gasteiger partial charge in [0, 0.05) is 16.6 Å². The Balaban J connectivity index is 2.42. The van der Waals surface area contributed by atoms with Crippen molar-refractivity contribution in [2.45, 2.75) is 25.8 Å². The molecule has 0 radical (unpaired) electrons. The number of hydrogen-bond donors (Lipinski definition) is 1. The van der Waals surface area contributed by atoms with Gasteiger partial charge >= 0.3 is 0 Å². The Labute approximate surface area is 115 Å². The molecule has 0 spiro atoms. The Bertz CT molecular complexity index is 489. The first-order valence-corrected chi connectivity index (χ1v) is 6.81. The maximum absolute atomic E-state index is 14.1. The van der Waals surface area contributed by atoms with Gasteiger partial charge in [0.25, 0.3) is 0 Å². The van der Waals surface area contributed by atoms with Crippen LogP contribution in [0.5, 0.6) is 0 Å². The fourth-order valence-electron chi connectivity index (χ4n) is 2.40. The lowest BCUT2D eigenvalue weighted by atomic mass is 9.90. The molecule has 1 atom stereocenters. The van der Waals surface area contributed by atoms with Crippen molar-refractivity contribution in [2.75, 3.05) is 13.1 Å². The molecule has 2 N–H and O–H groups in total. The summed E-state index contributed by atoms with van der Waals surface area (Å²) in [6, 6.07) is 5.14. The third-order valence-electron chi connectivity index (χ3n) is 3.38. The Morgan fingerprint density at radius 1 is 1.56 bits per heavy atom. The molecule has 0 aliphatic carbocycles. The fourth-order valence-corrected chi connectivity index (χ4v) is 2.73. The highest BCUT2D eigenvalue weighted by atomic mass is 79.9. The lowest BCUT2D eigenvalue weighted by molar-refractivity contribution is 0.218. The second-order valence-electron chi connectivity index (χ2n) is 4.72. The molecule has 1 unspecified atom stereocenters. The average Bonchev–Trinajstić information content (AvgIpc) is 2.58. The van der Waals surface area contributed by atoms with Gasteiger partial charge < -0.3 is 10.6 Å². The van der Waals surface area contributed by atoms with E-state index >= 15 is 0 Å². The van der Waals surface area contributed by atoms with Gasteiger partial charge in [0.2, 0.25) is 0 Å². The quantitative estimate of drug-likeness (QED) is 0.932. The molecule has 0 saturated heterocycles. The molecule has 1 aliphatic heterocycles. The predicted octanol–water partition coefficient (Wildman–Crippen LogP) is 2.84. The molecule has 1 aromatic carbocycles. The zero-order valence-corrected chi connectivity index (χ0v) is 12.2. The van der Waals surface area contributed by atoms with Crippen molar-refractivity contribution in [3.8, 4) is 0 Å². The van der Waals surface area contributed by atoms with E-state index in [0.29, 0.717) is 18.1 Å². The largest absolute Gasteiger partial charge is 0.370 e. The number of hydrogen-bond acceptors (Lipinski definition) is 3. The summed E-state index contributed by atoms with van der Waals surface area (Å²) >= 11 is 3.27. The zero-order chi connectivity index (χ0) is 13.3. The van der Waals surface area contributed by atoms with Gasteiger partial charge in [-0.15, -0.1) is 0 Å². The van der Waals surface area contributed by atoms with Gasteiger partial charge in [0.1, 0.15) is 5.82 Å². The number of rotatable bonds is 3. The summed E-state index contributed by atoms with van der Waals surface area (Å²) in [6.45, 7) is 5.33. The van der Waals surface area contributed by atoms with Crippen molar-refractivity contribution in [2.24, 2.45) is 10.7 Å². The first-order valence-electron chi connectivity index (χ1n) is 6.02. The second-order valence-corrected chi connectivity index (χ2v) is 5.64. The Hall–Kier alpha value is -1.10. The SMILES string of the molecule is CCCN1C(N)=NCC1(C)c1ccc(Br)cc1F. The molecule has 0 fully saturated rings. The molecule has 2 rings (SSSR count). The normalized spacial score (nSPS) is 23.3. The van der Waals surface area contributed by atoms with Gasteiger partial charge in [-0.05, 0) is 25.5 Å². The van der Waals surface area contributed by atoms with Gasteiger partial charge in [0.15, 0.2) is 5.96 Å². The summed E-state index contributed by atoms with van der Waals surface area (Å²) in [4.78, 5) is 6.26. The summed E-state index contributed by atoms with van der Waals surface area (Å²) in [5.41, 5.74) is 6.06. The number of nitrogens with two attached hydrogens (primary N) is 1. The third-order valence-corrected chi connectivity index (χ3v) is 3.87. The minimum absolute atomic E-state index is 0.224. The van der Waals surface area contributed by atoms with Crippen LogP contribution in [0.3, 0.4) is 0 Å². The van der Waals surface area contributed by atoms with Gasteiger partial charge in [-0.1, -0.05) is 28.9 Å². The first kappa shape index (κ1) is 13.3. The van der Waals surface area contributed by atoms with E-state index in [4.69, 9.17) is 5.73 Å².